The van der Waals surface area contributed by atoms with E-state index in [9.17, 15) is 0 Å². The zero-order valence-electron chi connectivity index (χ0n) is 17.0. The molecule has 0 unspecified atom stereocenters. The molecule has 0 aromatic carbocycles. The van der Waals surface area contributed by atoms with Gasteiger partial charge in [-0.1, -0.05) is 13.3 Å². The van der Waals surface area contributed by atoms with Crippen LogP contribution in [-0.2, 0) is 13.3 Å². The predicted octanol–water partition coefficient (Wildman–Crippen LogP) is -9.74. The van der Waals surface area contributed by atoms with E-state index >= 15 is 0 Å². The van der Waals surface area contributed by atoms with E-state index in [0.717, 1.165) is 32.1 Å². The average Bonchev–Trinajstić information content (AvgIpc) is 2.93. The van der Waals surface area contributed by atoms with Crippen LogP contribution in [0, 0.1) is 0 Å². The Kier molecular flexibility index (Phi) is 33.8. The van der Waals surface area contributed by atoms with Crippen molar-refractivity contribution in [2.24, 2.45) is 0 Å². The van der Waals surface area contributed by atoms with Gasteiger partial charge in [0, 0.05) is 32.3 Å². The first-order valence-corrected chi connectivity index (χ1v) is 10.9. The fourth-order valence-corrected chi connectivity index (χ4v) is 5.50. The van der Waals surface area contributed by atoms with Crippen LogP contribution in [0.4, 0.5) is 0 Å². The molecule has 0 aromatic heterocycles. The van der Waals surface area contributed by atoms with Crippen molar-refractivity contribution in [3.63, 3.8) is 0 Å². The molecule has 0 saturated carbocycles. The molecule has 0 radical (unpaired) electrons. The number of rotatable bonds is 13. The van der Waals surface area contributed by atoms with Crippen LogP contribution in [0.1, 0.15) is 53.4 Å². The van der Waals surface area contributed by atoms with Crippen LogP contribution in [0.5, 0.6) is 0 Å². The summed E-state index contributed by atoms with van der Waals surface area (Å²) in [6.45, 7) is 13.5. The largest absolute Gasteiger partial charge is 3.00 e. The molecule has 1 N–H and O–H groups in total. The van der Waals surface area contributed by atoms with Crippen molar-refractivity contribution in [2.45, 2.75) is 59.4 Å². The van der Waals surface area contributed by atoms with Crippen LogP contribution in [-0.4, -0.2) is 76.0 Å². The minimum absolute atomic E-state index is 0. The third-order valence-electron chi connectivity index (χ3n) is 3.86. The van der Waals surface area contributed by atoms with Crippen LogP contribution < -0.4 is 54.9 Å². The second kappa shape index (κ2) is 23.5. The van der Waals surface area contributed by atoms with Gasteiger partial charge in [-0.3, -0.25) is 9.89 Å². The molecule has 0 aromatic rings. The molecule has 162 valence electrons. The molecule has 5 nitrogen and oxygen atoms in total. The standard InChI is InChI=1S/C16H34N2O3Si.Al.4ClH/c1-5-9-11-16-17-12-14-18(16)13-10-15-22(19-6-2,20-7-3)21-8-4;;;;;/h5-15H2,1-4H3;;4*1H/q;+3;;;;/p-3. The van der Waals surface area contributed by atoms with Gasteiger partial charge in [-0.2, -0.15) is 0 Å². The third-order valence-corrected chi connectivity index (χ3v) is 7.01. The maximum absolute atomic E-state index is 5.92. The average molecular weight is 500 g/mol. The molecule has 1 heterocycles. The Morgan fingerprint density at radius 2 is 1.41 bits per heavy atom. The Hall–Kier alpha value is 1.26. The molecule has 0 spiro atoms. The van der Waals surface area contributed by atoms with Crippen molar-refractivity contribution in [3.05, 3.63) is 0 Å². The maximum Gasteiger partial charge on any atom is 3.00 e. The van der Waals surface area contributed by atoms with Crippen LogP contribution in [0.25, 0.3) is 0 Å². The van der Waals surface area contributed by atoms with E-state index in [0.29, 0.717) is 19.8 Å². The molecule has 0 aliphatic carbocycles. The van der Waals surface area contributed by atoms with E-state index < -0.39 is 8.80 Å². The number of nitrogens with one attached hydrogen (secondary N) is 1. The van der Waals surface area contributed by atoms with Crippen LogP contribution >= 0.6 is 0 Å². The van der Waals surface area contributed by atoms with Gasteiger partial charge in [0.1, 0.15) is 13.1 Å². The van der Waals surface area contributed by atoms with Gasteiger partial charge in [0.15, 0.2) is 0 Å². The number of halogens is 4. The first-order valence-electron chi connectivity index (χ1n) is 8.97. The molecule has 1 rings (SSSR count). The van der Waals surface area contributed by atoms with Gasteiger partial charge >= 0.3 is 26.2 Å². The zero-order valence-corrected chi connectivity index (χ0v) is 22.2. The summed E-state index contributed by atoms with van der Waals surface area (Å²) in [4.78, 5) is 0. The van der Waals surface area contributed by atoms with Gasteiger partial charge in [0.2, 0.25) is 5.84 Å². The Bertz CT molecular complexity index is 343. The van der Waals surface area contributed by atoms with Crippen LogP contribution in [0.3, 0.4) is 0 Å². The minimum atomic E-state index is -2.47. The fraction of sp³-hybridized carbons (Fsp3) is 0.938. The Balaban J connectivity index is -0.000000323. The zero-order chi connectivity index (χ0) is 16.3. The van der Waals surface area contributed by atoms with Crippen molar-refractivity contribution in [1.82, 2.24) is 5.32 Å². The molecule has 0 saturated heterocycles. The Morgan fingerprint density at radius 3 is 1.85 bits per heavy atom. The van der Waals surface area contributed by atoms with Crippen LogP contribution in [0.2, 0.25) is 6.04 Å². The fourth-order valence-electron chi connectivity index (χ4n) is 2.91. The number of hydrogen-bond donors (Lipinski definition) is 1. The number of hydrogen-bond acceptors (Lipinski definition) is 4. The van der Waals surface area contributed by atoms with Crippen LogP contribution in [0.15, 0.2) is 0 Å². The second-order valence-corrected chi connectivity index (χ2v) is 8.28. The summed E-state index contributed by atoms with van der Waals surface area (Å²) in [6, 6.07) is 0.903. The first-order chi connectivity index (χ1) is 10.7. The summed E-state index contributed by atoms with van der Waals surface area (Å²) < 4.78 is 20.2. The monoisotopic (exact) mass is 498 g/mol. The van der Waals surface area contributed by atoms with Gasteiger partial charge in [0.05, 0.1) is 6.54 Å². The molecular formula is C16H35AlCl4N2O3Si. The quantitative estimate of drug-likeness (QED) is 0.202. The summed E-state index contributed by atoms with van der Waals surface area (Å²) in [7, 11) is -2.47. The molecule has 0 fully saturated rings. The minimum Gasteiger partial charge on any atom is -1.00 e. The molecular weight excluding hydrogens is 465 g/mol. The molecule has 0 atom stereocenters. The molecule has 0 amide bonds. The number of unbranched alkanes of at least 4 members (excludes halogenated alkanes) is 1. The van der Waals surface area contributed by atoms with Crippen molar-refractivity contribution < 1.29 is 67.5 Å². The first kappa shape index (κ1) is 38.8. The van der Waals surface area contributed by atoms with Crippen molar-refractivity contribution in [1.29, 1.82) is 0 Å². The van der Waals surface area contributed by atoms with E-state index in [-0.39, 0.29) is 67.0 Å². The molecule has 27 heavy (non-hydrogen) atoms. The smallest absolute Gasteiger partial charge is 1.00 e. The van der Waals surface area contributed by atoms with Crippen molar-refractivity contribution in [3.8, 4) is 0 Å². The predicted molar refractivity (Wildman–Crippen MR) is 98.3 cm³/mol. The van der Waals surface area contributed by atoms with E-state index in [1.165, 1.54) is 25.1 Å². The van der Waals surface area contributed by atoms with E-state index in [4.69, 9.17) is 13.3 Å². The SMILES string of the molecule is CCCCC1=[N+](CCC[Si](OCC)(OCC)OCC)CCN1.[Al+3].[Cl-].[Cl-].[Cl-].[Cl-]. The summed E-state index contributed by atoms with van der Waals surface area (Å²) in [5, 5.41) is 3.52. The van der Waals surface area contributed by atoms with Gasteiger partial charge in [-0.25, -0.2) is 0 Å². The summed E-state index contributed by atoms with van der Waals surface area (Å²) in [5.41, 5.74) is 0. The second-order valence-electron chi connectivity index (χ2n) is 5.55. The maximum atomic E-state index is 5.92. The summed E-state index contributed by atoms with van der Waals surface area (Å²) in [5.74, 6) is 1.42. The van der Waals surface area contributed by atoms with E-state index in [1.807, 2.05) is 20.8 Å². The van der Waals surface area contributed by atoms with Gasteiger partial charge < -0.3 is 62.9 Å². The molecule has 1 aliphatic rings. The molecule has 1 aliphatic heterocycles. The van der Waals surface area contributed by atoms with E-state index in [1.54, 1.807) is 0 Å². The third kappa shape index (κ3) is 14.8. The van der Waals surface area contributed by atoms with Gasteiger partial charge in [-0.05, 0) is 33.6 Å². The molecule has 0 bridgehead atoms. The molecule has 11 heteroatoms. The van der Waals surface area contributed by atoms with Gasteiger partial charge in [-0.15, -0.1) is 0 Å². The number of amidine groups is 1. The van der Waals surface area contributed by atoms with Crippen molar-refractivity contribution in [2.75, 3.05) is 39.5 Å². The van der Waals surface area contributed by atoms with Gasteiger partial charge in [0.25, 0.3) is 0 Å². The normalized spacial score (nSPS) is 12.6. The number of nitrogens with zero attached hydrogens (tertiary/aromatic N) is 1. The summed E-state index contributed by atoms with van der Waals surface area (Å²) in [6.07, 6.45) is 4.73. The topological polar surface area (TPSA) is 42.7 Å². The summed E-state index contributed by atoms with van der Waals surface area (Å²) >= 11 is 0. The van der Waals surface area contributed by atoms with Crippen molar-refractivity contribution >= 4 is 32.0 Å². The Morgan fingerprint density at radius 1 is 0.889 bits per heavy atom. The Labute approximate surface area is 202 Å². The van der Waals surface area contributed by atoms with E-state index in [2.05, 4.69) is 16.8 Å².